The molecule has 11 nitrogen and oxygen atoms in total. The largest absolute Gasteiger partial charge is 0.481 e. The van der Waals surface area contributed by atoms with Gasteiger partial charge in [0, 0.05) is 12.6 Å². The quantitative estimate of drug-likeness (QED) is 0.341. The van der Waals surface area contributed by atoms with Crippen molar-refractivity contribution in [2.24, 2.45) is 0 Å². The number of nitrogens with one attached hydrogen (secondary N) is 1. The standard InChI is InChI=1S/C18H23NO10/c1-9(20)19-10-2-4-11(5-3-10)28-18-17(26)16(25)15(24)12(29-18)8-27-14(23)7-6-13(21)22/h2-5,12,15-18,24-26H,6-8H2,1H3,(H,19,20)(H,21,22). The van der Waals surface area contributed by atoms with Crippen LogP contribution < -0.4 is 10.1 Å². The maximum absolute atomic E-state index is 11.5. The highest BCUT2D eigenvalue weighted by Gasteiger charge is 2.45. The molecule has 1 aliphatic heterocycles. The summed E-state index contributed by atoms with van der Waals surface area (Å²) in [5.74, 6) is -1.96. The van der Waals surface area contributed by atoms with Gasteiger partial charge in [0.1, 0.15) is 36.8 Å². The fourth-order valence-electron chi connectivity index (χ4n) is 2.56. The number of carbonyl (C=O) groups excluding carboxylic acids is 2. The third-order valence-corrected chi connectivity index (χ3v) is 4.05. The van der Waals surface area contributed by atoms with Crippen molar-refractivity contribution >= 4 is 23.5 Å². The minimum absolute atomic E-state index is 0.248. The molecule has 0 saturated carbocycles. The lowest BCUT2D eigenvalue weighted by Crippen LogP contribution is -2.60. The van der Waals surface area contributed by atoms with Gasteiger partial charge in [-0.2, -0.15) is 0 Å². The molecule has 0 bridgehead atoms. The fraction of sp³-hybridized carbons (Fsp3) is 0.500. The van der Waals surface area contributed by atoms with Crippen molar-refractivity contribution in [3.63, 3.8) is 0 Å². The van der Waals surface area contributed by atoms with Gasteiger partial charge in [0.15, 0.2) is 0 Å². The number of carboxylic acid groups (broad SMARTS) is 1. The monoisotopic (exact) mass is 413 g/mol. The third-order valence-electron chi connectivity index (χ3n) is 4.05. The van der Waals surface area contributed by atoms with Crippen LogP contribution in [0.4, 0.5) is 5.69 Å². The third kappa shape index (κ3) is 6.68. The number of amides is 1. The van der Waals surface area contributed by atoms with E-state index in [-0.39, 0.29) is 18.1 Å². The molecule has 5 N–H and O–H groups in total. The van der Waals surface area contributed by atoms with Gasteiger partial charge >= 0.3 is 11.9 Å². The summed E-state index contributed by atoms with van der Waals surface area (Å²) in [6.07, 6.45) is -8.11. The van der Waals surface area contributed by atoms with Crippen LogP contribution in [0.25, 0.3) is 0 Å². The minimum atomic E-state index is -1.63. The van der Waals surface area contributed by atoms with Crippen LogP contribution in [-0.2, 0) is 23.9 Å². The van der Waals surface area contributed by atoms with Gasteiger partial charge in [0.05, 0.1) is 12.8 Å². The van der Waals surface area contributed by atoms with Crippen molar-refractivity contribution in [2.45, 2.75) is 50.5 Å². The Hall–Kier alpha value is -2.73. The molecule has 1 saturated heterocycles. The van der Waals surface area contributed by atoms with E-state index in [1.807, 2.05) is 0 Å². The van der Waals surface area contributed by atoms with E-state index >= 15 is 0 Å². The minimum Gasteiger partial charge on any atom is -0.481 e. The van der Waals surface area contributed by atoms with Crippen molar-refractivity contribution in [3.05, 3.63) is 24.3 Å². The molecule has 1 amide bonds. The maximum Gasteiger partial charge on any atom is 0.306 e. The van der Waals surface area contributed by atoms with Gasteiger partial charge in [-0.3, -0.25) is 14.4 Å². The van der Waals surface area contributed by atoms with E-state index in [0.717, 1.165) is 0 Å². The van der Waals surface area contributed by atoms with Crippen LogP contribution in [0, 0.1) is 0 Å². The molecule has 1 aliphatic rings. The summed E-state index contributed by atoms with van der Waals surface area (Å²) >= 11 is 0. The lowest BCUT2D eigenvalue weighted by molar-refractivity contribution is -0.278. The second-order valence-electron chi connectivity index (χ2n) is 6.41. The van der Waals surface area contributed by atoms with Gasteiger partial charge in [-0.1, -0.05) is 0 Å². The van der Waals surface area contributed by atoms with Crippen molar-refractivity contribution < 1.29 is 49.0 Å². The molecule has 29 heavy (non-hydrogen) atoms. The smallest absolute Gasteiger partial charge is 0.306 e. The van der Waals surface area contributed by atoms with Crippen molar-refractivity contribution in [1.82, 2.24) is 0 Å². The summed E-state index contributed by atoms with van der Waals surface area (Å²) in [4.78, 5) is 33.0. The number of anilines is 1. The van der Waals surface area contributed by atoms with Crippen LogP contribution in [0.5, 0.6) is 5.75 Å². The topological polar surface area (TPSA) is 172 Å². The Morgan fingerprint density at radius 3 is 2.28 bits per heavy atom. The molecule has 1 aromatic rings. The predicted octanol–water partition coefficient (Wildman–Crippen LogP) is -0.761. The molecule has 0 aromatic heterocycles. The van der Waals surface area contributed by atoms with Crippen LogP contribution in [0.3, 0.4) is 0 Å². The zero-order chi connectivity index (χ0) is 21.6. The Bertz CT molecular complexity index is 722. The van der Waals surface area contributed by atoms with Crippen molar-refractivity contribution in [3.8, 4) is 5.75 Å². The first-order chi connectivity index (χ1) is 13.7. The van der Waals surface area contributed by atoms with E-state index < -0.39 is 55.7 Å². The predicted molar refractivity (Wildman–Crippen MR) is 95.9 cm³/mol. The van der Waals surface area contributed by atoms with E-state index in [9.17, 15) is 29.7 Å². The molecule has 11 heteroatoms. The van der Waals surface area contributed by atoms with Crippen molar-refractivity contribution in [1.29, 1.82) is 0 Å². The number of aliphatic carboxylic acids is 1. The second kappa shape index (κ2) is 10.2. The molecule has 5 unspecified atom stereocenters. The van der Waals surface area contributed by atoms with Crippen LogP contribution in [0.2, 0.25) is 0 Å². The van der Waals surface area contributed by atoms with E-state index in [1.165, 1.54) is 19.1 Å². The van der Waals surface area contributed by atoms with Gasteiger partial charge in [0.25, 0.3) is 0 Å². The Labute approximate surface area is 165 Å². The van der Waals surface area contributed by atoms with Crippen LogP contribution in [0.15, 0.2) is 24.3 Å². The Morgan fingerprint density at radius 2 is 1.69 bits per heavy atom. The first-order valence-electron chi connectivity index (χ1n) is 8.78. The lowest BCUT2D eigenvalue weighted by Gasteiger charge is -2.39. The highest BCUT2D eigenvalue weighted by molar-refractivity contribution is 5.88. The summed E-state index contributed by atoms with van der Waals surface area (Å²) in [7, 11) is 0. The zero-order valence-corrected chi connectivity index (χ0v) is 15.6. The van der Waals surface area contributed by atoms with Crippen molar-refractivity contribution in [2.75, 3.05) is 11.9 Å². The summed E-state index contributed by atoms with van der Waals surface area (Å²) in [5.41, 5.74) is 0.525. The lowest BCUT2D eigenvalue weighted by atomic mass is 9.99. The number of hydrogen-bond donors (Lipinski definition) is 5. The number of aliphatic hydroxyl groups excluding tert-OH is 3. The Kier molecular flexibility index (Phi) is 7.91. The van der Waals surface area contributed by atoms with E-state index in [4.69, 9.17) is 19.3 Å². The molecule has 160 valence electrons. The first-order valence-corrected chi connectivity index (χ1v) is 8.78. The molecule has 0 aliphatic carbocycles. The molecule has 2 rings (SSSR count). The molecular formula is C18H23NO10. The first kappa shape index (κ1) is 22.6. The average molecular weight is 413 g/mol. The highest BCUT2D eigenvalue weighted by Crippen LogP contribution is 2.25. The normalized spacial score (nSPS) is 26.4. The Morgan fingerprint density at radius 1 is 1.03 bits per heavy atom. The summed E-state index contributed by atoms with van der Waals surface area (Å²) in [6, 6.07) is 6.11. The van der Waals surface area contributed by atoms with Gasteiger partial charge < -0.3 is 40.0 Å². The fourth-order valence-corrected chi connectivity index (χ4v) is 2.56. The van der Waals surface area contributed by atoms with E-state index in [2.05, 4.69) is 5.32 Å². The SMILES string of the molecule is CC(=O)Nc1ccc(OC2OC(COC(=O)CCC(=O)O)C(O)C(O)C2O)cc1. The second-order valence-corrected chi connectivity index (χ2v) is 6.41. The summed E-state index contributed by atoms with van der Waals surface area (Å²) in [5, 5.41) is 41.3. The number of hydrogen-bond acceptors (Lipinski definition) is 9. The molecule has 5 atom stereocenters. The molecule has 1 fully saturated rings. The zero-order valence-electron chi connectivity index (χ0n) is 15.6. The van der Waals surface area contributed by atoms with Gasteiger partial charge in [-0.05, 0) is 24.3 Å². The number of aliphatic hydroxyl groups is 3. The van der Waals surface area contributed by atoms with E-state index in [1.54, 1.807) is 12.1 Å². The number of rotatable bonds is 8. The van der Waals surface area contributed by atoms with Gasteiger partial charge in [0.2, 0.25) is 12.2 Å². The van der Waals surface area contributed by atoms with Crippen LogP contribution in [0.1, 0.15) is 19.8 Å². The summed E-state index contributed by atoms with van der Waals surface area (Å²) < 4.78 is 15.8. The highest BCUT2D eigenvalue weighted by atomic mass is 16.7. The van der Waals surface area contributed by atoms with Gasteiger partial charge in [-0.25, -0.2) is 0 Å². The number of benzene rings is 1. The Balaban J connectivity index is 1.96. The average Bonchev–Trinajstić information content (AvgIpc) is 2.66. The maximum atomic E-state index is 11.5. The molecule has 1 aromatic carbocycles. The van der Waals surface area contributed by atoms with Crippen LogP contribution >= 0.6 is 0 Å². The summed E-state index contributed by atoms with van der Waals surface area (Å²) in [6.45, 7) is 0.892. The number of ether oxygens (including phenoxy) is 3. The number of esters is 1. The molecule has 0 radical (unpaired) electrons. The molecular weight excluding hydrogens is 390 g/mol. The molecule has 0 spiro atoms. The van der Waals surface area contributed by atoms with Gasteiger partial charge in [-0.15, -0.1) is 0 Å². The molecule has 1 heterocycles. The number of carboxylic acids is 1. The van der Waals surface area contributed by atoms with E-state index in [0.29, 0.717) is 5.69 Å². The van der Waals surface area contributed by atoms with Crippen LogP contribution in [-0.4, -0.2) is 75.6 Å². The number of carbonyl (C=O) groups is 3.